The normalized spacial score (nSPS) is 18.8. The van der Waals surface area contributed by atoms with Crippen LogP contribution in [0.3, 0.4) is 0 Å². The fourth-order valence-corrected chi connectivity index (χ4v) is 3.05. The largest absolute Gasteiger partial charge is 0.362 e. The fraction of sp³-hybridized carbons (Fsp3) is 0.769. The summed E-state index contributed by atoms with van der Waals surface area (Å²) in [5.41, 5.74) is 0. The molecule has 1 aromatic heterocycles. The second kappa shape index (κ2) is 7.07. The van der Waals surface area contributed by atoms with E-state index >= 15 is 0 Å². The van der Waals surface area contributed by atoms with Crippen LogP contribution in [0.2, 0.25) is 0 Å². The molecule has 4 nitrogen and oxygen atoms in total. The van der Waals surface area contributed by atoms with Crippen LogP contribution in [-0.4, -0.2) is 54.6 Å². The van der Waals surface area contributed by atoms with Gasteiger partial charge in [0.05, 0.1) is 0 Å². The summed E-state index contributed by atoms with van der Waals surface area (Å²) >= 11 is 1.80. The zero-order chi connectivity index (χ0) is 12.8. The summed E-state index contributed by atoms with van der Waals surface area (Å²) in [6.07, 6.45) is 4.45. The zero-order valence-corrected chi connectivity index (χ0v) is 12.3. The molecular weight excluding hydrogens is 244 g/mol. The first-order valence-corrected chi connectivity index (χ1v) is 7.69. The van der Waals surface area contributed by atoms with Crippen molar-refractivity contribution in [3.05, 3.63) is 11.1 Å². The van der Waals surface area contributed by atoms with Crippen molar-refractivity contribution >= 4 is 16.5 Å². The first kappa shape index (κ1) is 13.8. The number of nitrogens with one attached hydrogen (secondary N) is 1. The highest BCUT2D eigenvalue weighted by Gasteiger charge is 2.13. The van der Waals surface area contributed by atoms with E-state index in [0.29, 0.717) is 0 Å². The maximum atomic E-state index is 4.43. The Balaban J connectivity index is 1.82. The Morgan fingerprint density at radius 2 is 2.22 bits per heavy atom. The Labute approximate surface area is 114 Å². The van der Waals surface area contributed by atoms with Crippen molar-refractivity contribution in [1.82, 2.24) is 14.8 Å². The van der Waals surface area contributed by atoms with E-state index in [1.165, 1.54) is 37.5 Å². The van der Waals surface area contributed by atoms with Crippen LogP contribution in [0.25, 0.3) is 0 Å². The number of rotatable bonds is 5. The molecule has 0 amide bonds. The number of hydrogen-bond donors (Lipinski definition) is 1. The van der Waals surface area contributed by atoms with Gasteiger partial charge in [-0.25, -0.2) is 4.98 Å². The zero-order valence-electron chi connectivity index (χ0n) is 11.5. The molecule has 1 fully saturated rings. The van der Waals surface area contributed by atoms with Gasteiger partial charge >= 0.3 is 0 Å². The minimum Gasteiger partial charge on any atom is -0.362 e. The Morgan fingerprint density at radius 3 is 3.06 bits per heavy atom. The van der Waals surface area contributed by atoms with Gasteiger partial charge < -0.3 is 10.2 Å². The average molecular weight is 268 g/mol. The summed E-state index contributed by atoms with van der Waals surface area (Å²) < 4.78 is 0. The first-order chi connectivity index (χ1) is 8.78. The number of aromatic nitrogens is 1. The smallest absolute Gasteiger partial charge is 0.182 e. The highest BCUT2D eigenvalue weighted by atomic mass is 32.1. The van der Waals surface area contributed by atoms with E-state index < -0.39 is 0 Å². The lowest BCUT2D eigenvalue weighted by molar-refractivity contribution is 0.271. The maximum absolute atomic E-state index is 4.43. The molecule has 0 aromatic carbocycles. The molecule has 0 atom stereocenters. The SMILES string of the molecule is CCCNc1ncc(CN2CCCN(C)CC2)s1. The van der Waals surface area contributed by atoms with Crippen LogP contribution in [-0.2, 0) is 6.54 Å². The Morgan fingerprint density at radius 1 is 1.33 bits per heavy atom. The van der Waals surface area contributed by atoms with Crippen molar-refractivity contribution in [3.63, 3.8) is 0 Å². The first-order valence-electron chi connectivity index (χ1n) is 6.87. The van der Waals surface area contributed by atoms with Crippen molar-refractivity contribution in [3.8, 4) is 0 Å². The molecule has 1 N–H and O–H groups in total. The topological polar surface area (TPSA) is 31.4 Å². The lowest BCUT2D eigenvalue weighted by atomic mass is 10.4. The van der Waals surface area contributed by atoms with E-state index in [-0.39, 0.29) is 0 Å². The van der Waals surface area contributed by atoms with Crippen molar-refractivity contribution in [2.45, 2.75) is 26.3 Å². The minimum atomic E-state index is 1.02. The molecule has 1 saturated heterocycles. The molecule has 1 aromatic rings. The number of nitrogens with zero attached hydrogens (tertiary/aromatic N) is 3. The second-order valence-corrected chi connectivity index (χ2v) is 6.11. The molecule has 18 heavy (non-hydrogen) atoms. The van der Waals surface area contributed by atoms with Crippen molar-refractivity contribution in [2.24, 2.45) is 0 Å². The average Bonchev–Trinajstić information content (AvgIpc) is 2.70. The number of likely N-dealkylation sites (N-methyl/N-ethyl adjacent to an activating group) is 1. The molecule has 102 valence electrons. The minimum absolute atomic E-state index is 1.02. The van der Waals surface area contributed by atoms with Crippen LogP contribution in [0, 0.1) is 0 Å². The fourth-order valence-electron chi connectivity index (χ4n) is 2.17. The molecule has 0 spiro atoms. The van der Waals surface area contributed by atoms with Gasteiger partial charge in [-0.1, -0.05) is 6.92 Å². The molecule has 1 aliphatic heterocycles. The molecular formula is C13H24N4S. The van der Waals surface area contributed by atoms with Gasteiger partial charge in [-0.3, -0.25) is 4.90 Å². The molecule has 0 radical (unpaired) electrons. The predicted molar refractivity (Wildman–Crippen MR) is 78.3 cm³/mol. The van der Waals surface area contributed by atoms with Gasteiger partial charge in [0.25, 0.3) is 0 Å². The van der Waals surface area contributed by atoms with E-state index in [9.17, 15) is 0 Å². The highest BCUT2D eigenvalue weighted by Crippen LogP contribution is 2.20. The molecule has 1 aliphatic rings. The summed E-state index contributed by atoms with van der Waals surface area (Å²) in [4.78, 5) is 10.8. The predicted octanol–water partition coefficient (Wildman–Crippen LogP) is 2.10. The van der Waals surface area contributed by atoms with E-state index in [4.69, 9.17) is 0 Å². The molecule has 0 saturated carbocycles. The van der Waals surface area contributed by atoms with Crippen molar-refractivity contribution < 1.29 is 0 Å². The molecule has 0 unspecified atom stereocenters. The van der Waals surface area contributed by atoms with E-state index in [0.717, 1.165) is 24.6 Å². The molecule has 0 aliphatic carbocycles. The summed E-state index contributed by atoms with van der Waals surface area (Å²) in [6, 6.07) is 0. The van der Waals surface area contributed by atoms with Crippen LogP contribution in [0.15, 0.2) is 6.20 Å². The third-order valence-corrected chi connectivity index (χ3v) is 4.21. The highest BCUT2D eigenvalue weighted by molar-refractivity contribution is 7.15. The summed E-state index contributed by atoms with van der Waals surface area (Å²) in [5.74, 6) is 0. The van der Waals surface area contributed by atoms with E-state index in [1.54, 1.807) is 11.3 Å². The molecule has 2 heterocycles. The van der Waals surface area contributed by atoms with Crippen LogP contribution in [0.5, 0.6) is 0 Å². The van der Waals surface area contributed by atoms with Crippen molar-refractivity contribution in [2.75, 3.05) is 45.1 Å². The van der Waals surface area contributed by atoms with Gasteiger partial charge in [0, 0.05) is 37.3 Å². The van der Waals surface area contributed by atoms with Crippen molar-refractivity contribution in [1.29, 1.82) is 0 Å². The third kappa shape index (κ3) is 4.23. The number of hydrogen-bond acceptors (Lipinski definition) is 5. The lowest BCUT2D eigenvalue weighted by Gasteiger charge is -2.18. The summed E-state index contributed by atoms with van der Waals surface area (Å²) in [6.45, 7) is 9.03. The second-order valence-electron chi connectivity index (χ2n) is 4.99. The Bertz CT molecular complexity index is 353. The summed E-state index contributed by atoms with van der Waals surface area (Å²) in [5, 5.41) is 4.42. The lowest BCUT2D eigenvalue weighted by Crippen LogP contribution is -2.28. The van der Waals surface area contributed by atoms with Gasteiger partial charge in [0.2, 0.25) is 0 Å². The van der Waals surface area contributed by atoms with E-state index in [2.05, 4.69) is 34.1 Å². The molecule has 5 heteroatoms. The molecule has 0 bridgehead atoms. The van der Waals surface area contributed by atoms with Gasteiger partial charge in [-0.15, -0.1) is 11.3 Å². The van der Waals surface area contributed by atoms with Crippen LogP contribution < -0.4 is 5.32 Å². The Hall–Kier alpha value is -0.650. The number of thiazole rings is 1. The Kier molecular flexibility index (Phi) is 5.41. The van der Waals surface area contributed by atoms with Gasteiger partial charge in [-0.2, -0.15) is 0 Å². The van der Waals surface area contributed by atoms with Gasteiger partial charge in [0.1, 0.15) is 0 Å². The van der Waals surface area contributed by atoms with Gasteiger partial charge in [0.15, 0.2) is 5.13 Å². The standard InChI is InChI=1S/C13H24N4S/c1-3-5-14-13-15-10-12(18-13)11-17-7-4-6-16(2)8-9-17/h10H,3-9,11H2,1-2H3,(H,14,15). The maximum Gasteiger partial charge on any atom is 0.182 e. The van der Waals surface area contributed by atoms with Crippen LogP contribution in [0.4, 0.5) is 5.13 Å². The van der Waals surface area contributed by atoms with Gasteiger partial charge in [-0.05, 0) is 33.0 Å². The van der Waals surface area contributed by atoms with Crippen LogP contribution >= 0.6 is 11.3 Å². The van der Waals surface area contributed by atoms with E-state index in [1.807, 2.05) is 6.20 Å². The van der Waals surface area contributed by atoms with Crippen LogP contribution in [0.1, 0.15) is 24.6 Å². The number of anilines is 1. The quantitative estimate of drug-likeness (QED) is 0.886. The monoisotopic (exact) mass is 268 g/mol. The molecule has 2 rings (SSSR count). The summed E-state index contributed by atoms with van der Waals surface area (Å²) in [7, 11) is 2.21. The third-order valence-electron chi connectivity index (χ3n) is 3.27.